The van der Waals surface area contributed by atoms with E-state index in [0.717, 1.165) is 12.1 Å². The molecule has 2 heterocycles. The van der Waals surface area contributed by atoms with Crippen LogP contribution in [-0.4, -0.2) is 20.5 Å². The molecule has 142 valence electrons. The minimum Gasteiger partial charge on any atom is -0.292 e. The second-order valence-electron chi connectivity index (χ2n) is 5.90. The van der Waals surface area contributed by atoms with Crippen molar-refractivity contribution in [3.63, 3.8) is 0 Å². The number of carbonyl (C=O) groups excluding carboxylic acids is 1. The summed E-state index contributed by atoms with van der Waals surface area (Å²) < 4.78 is 53.2. The first-order valence-corrected chi connectivity index (χ1v) is 8.00. The molecule has 0 bridgehead atoms. The maximum atomic E-state index is 14.0. The standard InChI is InChI=1S/C19H12F4N4O/c1-11-14(10-26-27(11)17-5-3-2-4-15(17)20)18(28)13(8-24)16-7-6-12(9-25-16)19(21,22)23/h2-7,9-10,13H,1H3. The van der Waals surface area contributed by atoms with Crippen molar-refractivity contribution in [2.24, 2.45) is 0 Å². The Bertz CT molecular complexity index is 1060. The van der Waals surface area contributed by atoms with E-state index in [2.05, 4.69) is 10.1 Å². The Morgan fingerprint density at radius 3 is 2.46 bits per heavy atom. The molecule has 0 saturated heterocycles. The quantitative estimate of drug-likeness (QED) is 0.496. The van der Waals surface area contributed by atoms with E-state index in [-0.39, 0.29) is 16.9 Å². The Balaban J connectivity index is 1.95. The Kier molecular flexibility index (Phi) is 4.96. The highest BCUT2D eigenvalue weighted by Gasteiger charge is 2.32. The molecule has 5 nitrogen and oxygen atoms in total. The summed E-state index contributed by atoms with van der Waals surface area (Å²) in [5.74, 6) is -2.65. The highest BCUT2D eigenvalue weighted by atomic mass is 19.4. The molecule has 3 aromatic rings. The van der Waals surface area contributed by atoms with Gasteiger partial charge in [0, 0.05) is 6.20 Å². The average molecular weight is 388 g/mol. The van der Waals surface area contributed by atoms with Crippen molar-refractivity contribution in [2.45, 2.75) is 19.0 Å². The summed E-state index contributed by atoms with van der Waals surface area (Å²) in [5, 5.41) is 13.4. The summed E-state index contributed by atoms with van der Waals surface area (Å²) in [6.07, 6.45) is -2.81. The maximum absolute atomic E-state index is 14.0. The smallest absolute Gasteiger partial charge is 0.292 e. The fourth-order valence-corrected chi connectivity index (χ4v) is 2.68. The number of para-hydroxylation sites is 1. The van der Waals surface area contributed by atoms with Crippen LogP contribution in [0.5, 0.6) is 0 Å². The highest BCUT2D eigenvalue weighted by molar-refractivity contribution is 6.03. The molecule has 0 amide bonds. The number of Topliss-reactive ketones (excluding diaryl/α,β-unsaturated/α-hetero) is 1. The molecule has 0 aliphatic rings. The molecule has 0 spiro atoms. The van der Waals surface area contributed by atoms with Crippen molar-refractivity contribution in [1.82, 2.24) is 14.8 Å². The lowest BCUT2D eigenvalue weighted by Gasteiger charge is -2.10. The largest absolute Gasteiger partial charge is 0.417 e. The van der Waals surface area contributed by atoms with Gasteiger partial charge in [-0.25, -0.2) is 9.07 Å². The van der Waals surface area contributed by atoms with E-state index in [1.807, 2.05) is 0 Å². The van der Waals surface area contributed by atoms with Gasteiger partial charge in [0.2, 0.25) is 0 Å². The van der Waals surface area contributed by atoms with Crippen LogP contribution in [0.4, 0.5) is 17.6 Å². The third-order valence-electron chi connectivity index (χ3n) is 4.16. The predicted molar refractivity (Wildman–Crippen MR) is 90.2 cm³/mol. The van der Waals surface area contributed by atoms with Gasteiger partial charge in [-0.3, -0.25) is 9.78 Å². The van der Waals surface area contributed by atoms with Gasteiger partial charge in [0.25, 0.3) is 0 Å². The molecule has 0 aliphatic carbocycles. The predicted octanol–water partition coefficient (Wildman–Crippen LogP) is 4.22. The van der Waals surface area contributed by atoms with Crippen LogP contribution in [0.1, 0.15) is 33.2 Å². The van der Waals surface area contributed by atoms with Gasteiger partial charge in [0.05, 0.1) is 34.8 Å². The van der Waals surface area contributed by atoms with Crippen LogP contribution < -0.4 is 0 Å². The summed E-state index contributed by atoms with van der Waals surface area (Å²) in [5.41, 5.74) is -0.624. The van der Waals surface area contributed by atoms with Crippen LogP contribution in [0, 0.1) is 24.1 Å². The minimum atomic E-state index is -4.57. The van der Waals surface area contributed by atoms with Gasteiger partial charge in [0.15, 0.2) is 11.7 Å². The number of benzene rings is 1. The summed E-state index contributed by atoms with van der Waals surface area (Å²) in [7, 11) is 0. The lowest BCUT2D eigenvalue weighted by molar-refractivity contribution is -0.137. The Morgan fingerprint density at radius 2 is 1.89 bits per heavy atom. The Morgan fingerprint density at radius 1 is 1.18 bits per heavy atom. The number of nitriles is 1. The van der Waals surface area contributed by atoms with Crippen LogP contribution in [-0.2, 0) is 6.18 Å². The van der Waals surface area contributed by atoms with Gasteiger partial charge >= 0.3 is 6.18 Å². The first kappa shape index (κ1) is 19.2. The fourth-order valence-electron chi connectivity index (χ4n) is 2.68. The normalized spacial score (nSPS) is 12.4. The monoisotopic (exact) mass is 388 g/mol. The lowest BCUT2D eigenvalue weighted by Crippen LogP contribution is -2.15. The van der Waals surface area contributed by atoms with Gasteiger partial charge in [-0.15, -0.1) is 0 Å². The van der Waals surface area contributed by atoms with E-state index >= 15 is 0 Å². The zero-order valence-electron chi connectivity index (χ0n) is 14.4. The molecule has 0 saturated carbocycles. The van der Waals surface area contributed by atoms with Gasteiger partial charge in [-0.2, -0.15) is 23.5 Å². The molecule has 0 fully saturated rings. The molecule has 2 aromatic heterocycles. The van der Waals surface area contributed by atoms with Gasteiger partial charge in [-0.1, -0.05) is 12.1 Å². The molecule has 0 N–H and O–H groups in total. The topological polar surface area (TPSA) is 71.6 Å². The van der Waals surface area contributed by atoms with Crippen molar-refractivity contribution in [1.29, 1.82) is 5.26 Å². The van der Waals surface area contributed by atoms with Crippen LogP contribution >= 0.6 is 0 Å². The van der Waals surface area contributed by atoms with Crippen molar-refractivity contribution in [3.05, 3.63) is 77.1 Å². The van der Waals surface area contributed by atoms with Crippen LogP contribution in [0.25, 0.3) is 5.69 Å². The number of nitrogens with zero attached hydrogens (tertiary/aromatic N) is 4. The molecular weight excluding hydrogens is 376 g/mol. The number of aromatic nitrogens is 3. The first-order chi connectivity index (χ1) is 13.2. The molecule has 28 heavy (non-hydrogen) atoms. The Hall–Kier alpha value is -3.54. The Labute approximate surface area is 156 Å². The summed E-state index contributed by atoms with van der Waals surface area (Å²) in [6, 6.07) is 9.33. The molecule has 9 heteroatoms. The number of carbonyl (C=O) groups is 1. The van der Waals surface area contributed by atoms with E-state index in [9.17, 15) is 27.6 Å². The summed E-state index contributed by atoms with van der Waals surface area (Å²) in [6.45, 7) is 1.53. The van der Waals surface area contributed by atoms with E-state index in [1.54, 1.807) is 12.1 Å². The molecule has 1 unspecified atom stereocenters. The highest BCUT2D eigenvalue weighted by Crippen LogP contribution is 2.30. The third kappa shape index (κ3) is 3.49. The molecule has 0 radical (unpaired) electrons. The number of halogens is 4. The van der Waals surface area contributed by atoms with Gasteiger partial charge < -0.3 is 0 Å². The number of hydrogen-bond donors (Lipinski definition) is 0. The van der Waals surface area contributed by atoms with Gasteiger partial charge in [0.1, 0.15) is 11.5 Å². The van der Waals surface area contributed by atoms with E-state index in [4.69, 9.17) is 0 Å². The summed E-state index contributed by atoms with van der Waals surface area (Å²) in [4.78, 5) is 16.4. The van der Waals surface area contributed by atoms with Crippen LogP contribution in [0.3, 0.4) is 0 Å². The fraction of sp³-hybridized carbons (Fsp3) is 0.158. The second-order valence-corrected chi connectivity index (χ2v) is 5.90. The molecular formula is C19H12F4N4O. The maximum Gasteiger partial charge on any atom is 0.417 e. The van der Waals surface area contributed by atoms with Crippen molar-refractivity contribution < 1.29 is 22.4 Å². The first-order valence-electron chi connectivity index (χ1n) is 8.00. The number of alkyl halides is 3. The van der Waals surface area contributed by atoms with Crippen LogP contribution in [0.15, 0.2) is 48.8 Å². The number of hydrogen-bond acceptors (Lipinski definition) is 4. The van der Waals surface area contributed by atoms with E-state index in [1.165, 1.54) is 36.0 Å². The number of ketones is 1. The van der Waals surface area contributed by atoms with Gasteiger partial charge in [-0.05, 0) is 31.2 Å². The lowest BCUT2D eigenvalue weighted by atomic mass is 9.95. The van der Waals surface area contributed by atoms with Crippen molar-refractivity contribution in [3.8, 4) is 11.8 Å². The SMILES string of the molecule is Cc1c(C(=O)C(C#N)c2ccc(C(F)(F)F)cn2)cnn1-c1ccccc1F. The van der Waals surface area contributed by atoms with E-state index in [0.29, 0.717) is 11.9 Å². The number of pyridine rings is 1. The molecule has 1 atom stereocenters. The van der Waals surface area contributed by atoms with Crippen LogP contribution in [0.2, 0.25) is 0 Å². The van der Waals surface area contributed by atoms with Crippen molar-refractivity contribution >= 4 is 5.78 Å². The molecule has 0 aliphatic heterocycles. The minimum absolute atomic E-state index is 0.0523. The second kappa shape index (κ2) is 7.23. The zero-order valence-corrected chi connectivity index (χ0v) is 14.4. The van der Waals surface area contributed by atoms with Crippen molar-refractivity contribution in [2.75, 3.05) is 0 Å². The van der Waals surface area contributed by atoms with E-state index < -0.39 is 29.3 Å². The molecule has 1 aromatic carbocycles. The summed E-state index contributed by atoms with van der Waals surface area (Å²) >= 11 is 0. The third-order valence-corrected chi connectivity index (χ3v) is 4.16. The number of rotatable bonds is 4. The molecule has 3 rings (SSSR count). The zero-order chi connectivity index (χ0) is 20.5. The average Bonchev–Trinajstić information content (AvgIpc) is 3.03.